The number of carbonyl (C=O) groups is 1. The smallest absolute Gasteiger partial charge is 0.150 e. The molecule has 0 unspecified atom stereocenters. The van der Waals surface area contributed by atoms with Crippen molar-refractivity contribution in [2.24, 2.45) is 0 Å². The Kier molecular flexibility index (Phi) is 4.00. The summed E-state index contributed by atoms with van der Waals surface area (Å²) in [5.41, 5.74) is 3.70. The Bertz CT molecular complexity index is 613. The van der Waals surface area contributed by atoms with Gasteiger partial charge in [0, 0.05) is 36.5 Å². The van der Waals surface area contributed by atoms with Crippen molar-refractivity contribution >= 4 is 12.0 Å². The van der Waals surface area contributed by atoms with Crippen LogP contribution in [0.4, 0.5) is 5.69 Å². The summed E-state index contributed by atoms with van der Waals surface area (Å²) in [6, 6.07) is 15.3. The van der Waals surface area contributed by atoms with E-state index >= 15 is 0 Å². The molecule has 0 atom stereocenters. The molecule has 0 bridgehead atoms. The quantitative estimate of drug-likeness (QED) is 0.602. The van der Waals surface area contributed by atoms with Crippen LogP contribution >= 0.6 is 0 Å². The van der Waals surface area contributed by atoms with Gasteiger partial charge in [-0.3, -0.25) is 4.79 Å². The summed E-state index contributed by atoms with van der Waals surface area (Å²) in [6.07, 6.45) is 0.831. The Morgan fingerprint density at radius 3 is 1.74 bits per heavy atom. The number of aldehydes is 1. The first kappa shape index (κ1) is 12.9. The Morgan fingerprint density at radius 2 is 1.32 bits per heavy atom. The molecule has 2 rings (SSSR count). The zero-order chi connectivity index (χ0) is 13.7. The molecule has 0 spiro atoms. The van der Waals surface area contributed by atoms with Crippen molar-refractivity contribution in [3.8, 4) is 11.8 Å². The first-order chi connectivity index (χ1) is 9.19. The molecule has 0 saturated carbocycles. The lowest BCUT2D eigenvalue weighted by atomic mass is 10.1. The van der Waals surface area contributed by atoms with Crippen molar-refractivity contribution in [1.82, 2.24) is 0 Å². The van der Waals surface area contributed by atoms with Gasteiger partial charge >= 0.3 is 0 Å². The van der Waals surface area contributed by atoms with E-state index in [1.807, 2.05) is 50.5 Å². The maximum absolute atomic E-state index is 10.5. The predicted molar refractivity (Wildman–Crippen MR) is 78.6 cm³/mol. The van der Waals surface area contributed by atoms with Gasteiger partial charge in [0.1, 0.15) is 6.29 Å². The monoisotopic (exact) mass is 249 g/mol. The Morgan fingerprint density at radius 1 is 0.842 bits per heavy atom. The number of carbonyl (C=O) groups excluding carboxylic acids is 1. The second-order valence-electron chi connectivity index (χ2n) is 4.43. The van der Waals surface area contributed by atoms with Gasteiger partial charge in [0.2, 0.25) is 0 Å². The molecular weight excluding hydrogens is 234 g/mol. The molecule has 0 aliphatic carbocycles. The van der Waals surface area contributed by atoms with E-state index in [2.05, 4.69) is 16.7 Å². The molecule has 0 aliphatic rings. The van der Waals surface area contributed by atoms with E-state index in [9.17, 15) is 4.79 Å². The van der Waals surface area contributed by atoms with Crippen molar-refractivity contribution in [1.29, 1.82) is 0 Å². The molecule has 0 N–H and O–H groups in total. The average molecular weight is 249 g/mol. The van der Waals surface area contributed by atoms with Crippen LogP contribution in [0.15, 0.2) is 48.5 Å². The van der Waals surface area contributed by atoms with Crippen LogP contribution in [0.25, 0.3) is 0 Å². The molecule has 0 aliphatic heterocycles. The molecule has 19 heavy (non-hydrogen) atoms. The molecule has 0 saturated heterocycles. The third kappa shape index (κ3) is 3.46. The lowest BCUT2D eigenvalue weighted by molar-refractivity contribution is 0.112. The van der Waals surface area contributed by atoms with Crippen molar-refractivity contribution in [2.75, 3.05) is 19.0 Å². The third-order valence-corrected chi connectivity index (χ3v) is 2.78. The van der Waals surface area contributed by atoms with Crippen LogP contribution in [-0.2, 0) is 0 Å². The van der Waals surface area contributed by atoms with E-state index in [1.165, 1.54) is 0 Å². The SMILES string of the molecule is CN(C)c1ccc(C#Cc2ccc(C=O)cc2)cc1. The van der Waals surface area contributed by atoms with Crippen LogP contribution in [0.5, 0.6) is 0 Å². The number of nitrogens with zero attached hydrogens (tertiary/aromatic N) is 1. The van der Waals surface area contributed by atoms with Crippen LogP contribution in [0.1, 0.15) is 21.5 Å². The van der Waals surface area contributed by atoms with Gasteiger partial charge in [-0.15, -0.1) is 0 Å². The molecular formula is C17H15NO. The van der Waals surface area contributed by atoms with E-state index in [1.54, 1.807) is 12.1 Å². The standard InChI is InChI=1S/C17H15NO/c1-18(2)17-11-9-15(10-12-17)4-3-14-5-7-16(13-19)8-6-14/h5-13H,1-2H3. The van der Waals surface area contributed by atoms with Crippen LogP contribution in [0, 0.1) is 11.8 Å². The summed E-state index contributed by atoms with van der Waals surface area (Å²) in [6.45, 7) is 0. The first-order valence-electron chi connectivity index (χ1n) is 6.04. The Balaban J connectivity index is 2.16. The summed E-state index contributed by atoms with van der Waals surface area (Å²) >= 11 is 0. The van der Waals surface area contributed by atoms with E-state index in [4.69, 9.17) is 0 Å². The molecule has 0 radical (unpaired) electrons. The van der Waals surface area contributed by atoms with Gasteiger partial charge in [-0.1, -0.05) is 24.0 Å². The van der Waals surface area contributed by atoms with Gasteiger partial charge in [-0.05, 0) is 36.4 Å². The van der Waals surface area contributed by atoms with E-state index in [0.717, 1.165) is 23.1 Å². The van der Waals surface area contributed by atoms with E-state index < -0.39 is 0 Å². The molecule has 2 nitrogen and oxygen atoms in total. The summed E-state index contributed by atoms with van der Waals surface area (Å²) in [5, 5.41) is 0. The fourth-order valence-electron chi connectivity index (χ4n) is 1.63. The van der Waals surface area contributed by atoms with Gasteiger partial charge in [0.05, 0.1) is 0 Å². The van der Waals surface area contributed by atoms with Crippen molar-refractivity contribution < 1.29 is 4.79 Å². The molecule has 0 heterocycles. The Hall–Kier alpha value is -2.53. The second-order valence-corrected chi connectivity index (χ2v) is 4.43. The predicted octanol–water partition coefficient (Wildman–Crippen LogP) is 2.96. The normalized spacial score (nSPS) is 9.37. The molecule has 0 amide bonds. The van der Waals surface area contributed by atoms with E-state index in [0.29, 0.717) is 5.56 Å². The van der Waals surface area contributed by atoms with Crippen molar-refractivity contribution in [3.63, 3.8) is 0 Å². The van der Waals surface area contributed by atoms with E-state index in [-0.39, 0.29) is 0 Å². The average Bonchev–Trinajstić information content (AvgIpc) is 2.46. The maximum Gasteiger partial charge on any atom is 0.150 e. The lowest BCUT2D eigenvalue weighted by Gasteiger charge is -2.11. The zero-order valence-corrected chi connectivity index (χ0v) is 11.1. The van der Waals surface area contributed by atoms with Gasteiger partial charge in [0.15, 0.2) is 0 Å². The number of rotatable bonds is 2. The maximum atomic E-state index is 10.5. The number of hydrogen-bond donors (Lipinski definition) is 0. The topological polar surface area (TPSA) is 20.3 Å². The van der Waals surface area contributed by atoms with Gasteiger partial charge in [-0.2, -0.15) is 0 Å². The lowest BCUT2D eigenvalue weighted by Crippen LogP contribution is -2.07. The van der Waals surface area contributed by atoms with Gasteiger partial charge in [0.25, 0.3) is 0 Å². The molecule has 0 fully saturated rings. The highest BCUT2D eigenvalue weighted by molar-refractivity contribution is 5.74. The zero-order valence-electron chi connectivity index (χ0n) is 11.1. The Labute approximate surface area is 113 Å². The molecule has 0 aromatic heterocycles. The second kappa shape index (κ2) is 5.88. The first-order valence-corrected chi connectivity index (χ1v) is 6.04. The number of anilines is 1. The summed E-state index contributed by atoms with van der Waals surface area (Å²) < 4.78 is 0. The van der Waals surface area contributed by atoms with Crippen LogP contribution < -0.4 is 4.90 Å². The minimum Gasteiger partial charge on any atom is -0.378 e. The van der Waals surface area contributed by atoms with Crippen LogP contribution in [-0.4, -0.2) is 20.4 Å². The third-order valence-electron chi connectivity index (χ3n) is 2.78. The fourth-order valence-corrected chi connectivity index (χ4v) is 1.63. The number of benzene rings is 2. The minimum absolute atomic E-state index is 0.667. The minimum atomic E-state index is 0.667. The van der Waals surface area contributed by atoms with Crippen LogP contribution in [0.2, 0.25) is 0 Å². The molecule has 94 valence electrons. The van der Waals surface area contributed by atoms with Crippen LogP contribution in [0.3, 0.4) is 0 Å². The summed E-state index contributed by atoms with van der Waals surface area (Å²) in [5.74, 6) is 6.19. The van der Waals surface area contributed by atoms with Crippen molar-refractivity contribution in [3.05, 3.63) is 65.2 Å². The molecule has 2 aromatic rings. The van der Waals surface area contributed by atoms with Gasteiger partial charge < -0.3 is 4.90 Å². The highest BCUT2D eigenvalue weighted by atomic mass is 16.1. The number of hydrogen-bond acceptors (Lipinski definition) is 2. The van der Waals surface area contributed by atoms with Crippen molar-refractivity contribution in [2.45, 2.75) is 0 Å². The summed E-state index contributed by atoms with van der Waals surface area (Å²) in [4.78, 5) is 12.6. The highest BCUT2D eigenvalue weighted by Crippen LogP contribution is 2.11. The largest absolute Gasteiger partial charge is 0.378 e. The molecule has 2 aromatic carbocycles. The summed E-state index contributed by atoms with van der Waals surface area (Å²) in [7, 11) is 4.02. The fraction of sp³-hybridized carbons (Fsp3) is 0.118. The molecule has 2 heteroatoms. The van der Waals surface area contributed by atoms with Gasteiger partial charge in [-0.25, -0.2) is 0 Å². The highest BCUT2D eigenvalue weighted by Gasteiger charge is 1.94.